The summed E-state index contributed by atoms with van der Waals surface area (Å²) in [6, 6.07) is 18.9. The van der Waals surface area contributed by atoms with Crippen molar-refractivity contribution in [2.75, 3.05) is 0 Å². The van der Waals surface area contributed by atoms with Gasteiger partial charge in [0.1, 0.15) is 0 Å². The summed E-state index contributed by atoms with van der Waals surface area (Å²) in [5.41, 5.74) is 9.12. The molecule has 5 nitrogen and oxygen atoms in total. The number of rotatable bonds is 5. The molecule has 0 fully saturated rings. The normalized spacial score (nSPS) is 13.7. The minimum absolute atomic E-state index is 0.235. The van der Waals surface area contributed by atoms with Crippen molar-refractivity contribution in [1.29, 1.82) is 0 Å². The lowest BCUT2D eigenvalue weighted by atomic mass is 10.2. The number of aromatic nitrogens is 1. The third-order valence-corrected chi connectivity index (χ3v) is 6.06. The van der Waals surface area contributed by atoms with Crippen LogP contribution in [0.5, 0.6) is 0 Å². The Hall–Kier alpha value is -2.83. The monoisotopic (exact) mass is 379 g/mol. The molecule has 1 heterocycles. The molecule has 0 radical (unpaired) electrons. The first-order valence-corrected chi connectivity index (χ1v) is 10.2. The number of nitrogens with zero attached hydrogens (tertiary/aromatic N) is 1. The zero-order valence-electron chi connectivity index (χ0n) is 15.2. The predicted molar refractivity (Wildman–Crippen MR) is 107 cm³/mol. The highest BCUT2D eigenvalue weighted by Gasteiger charge is 2.24. The van der Waals surface area contributed by atoms with Gasteiger partial charge in [0.25, 0.3) is 10.0 Å². The van der Waals surface area contributed by atoms with Crippen molar-refractivity contribution in [3.05, 3.63) is 89.3 Å². The van der Waals surface area contributed by atoms with Crippen molar-refractivity contribution in [2.45, 2.75) is 25.2 Å². The molecule has 0 atom stereocenters. The maximum Gasteiger partial charge on any atom is 0.257 e. The largest absolute Gasteiger partial charge is 0.320 e. The molecule has 4 rings (SSSR count). The van der Waals surface area contributed by atoms with Crippen molar-refractivity contribution < 1.29 is 8.42 Å². The number of hydrogen-bond acceptors (Lipinski definition) is 3. The van der Waals surface area contributed by atoms with Crippen molar-refractivity contribution in [3.63, 3.8) is 0 Å². The molecule has 0 saturated heterocycles. The molecular weight excluding hydrogens is 358 g/mol. The van der Waals surface area contributed by atoms with Gasteiger partial charge >= 0.3 is 0 Å². The molecule has 0 aliphatic heterocycles. The van der Waals surface area contributed by atoms with E-state index in [1.54, 1.807) is 24.3 Å². The van der Waals surface area contributed by atoms with Crippen LogP contribution < -0.4 is 10.3 Å². The molecule has 0 saturated carbocycles. The van der Waals surface area contributed by atoms with E-state index in [2.05, 4.69) is 27.0 Å². The second-order valence-corrected chi connectivity index (χ2v) is 8.44. The second-order valence-electron chi connectivity index (χ2n) is 6.76. The van der Waals surface area contributed by atoms with Crippen LogP contribution in [0.2, 0.25) is 0 Å². The number of nitrogens with one attached hydrogen (secondary N) is 2. The molecule has 0 amide bonds. The summed E-state index contributed by atoms with van der Waals surface area (Å²) < 4.78 is 27.2. The van der Waals surface area contributed by atoms with Crippen LogP contribution in [-0.2, 0) is 16.4 Å². The van der Waals surface area contributed by atoms with E-state index >= 15 is 0 Å². The van der Waals surface area contributed by atoms with Crippen LogP contribution in [0.4, 0.5) is 0 Å². The van der Waals surface area contributed by atoms with Gasteiger partial charge in [-0.15, -0.1) is 4.83 Å². The van der Waals surface area contributed by atoms with E-state index < -0.39 is 10.0 Å². The number of fused-ring (bicyclic) bond motifs is 1. The number of sulfonamides is 1. The Bertz CT molecular complexity index is 1110. The van der Waals surface area contributed by atoms with Crippen molar-refractivity contribution in [1.82, 2.24) is 14.8 Å². The molecule has 2 aromatic carbocycles. The van der Waals surface area contributed by atoms with E-state index in [4.69, 9.17) is 0 Å². The number of para-hydroxylation sites is 1. The molecule has 1 aliphatic carbocycles. The summed E-state index contributed by atoms with van der Waals surface area (Å²) in [5.74, 6) is 0. The topological polar surface area (TPSA) is 63.1 Å². The molecule has 6 heteroatoms. The summed E-state index contributed by atoms with van der Waals surface area (Å²) >= 11 is 0. The Morgan fingerprint density at radius 3 is 2.33 bits per heavy atom. The predicted octanol–water partition coefficient (Wildman–Crippen LogP) is 3.56. The summed E-state index contributed by atoms with van der Waals surface area (Å²) in [5, 5.41) is 0. The fraction of sp³-hybridized carbons (Fsp3) is 0.143. The molecule has 0 spiro atoms. The standard InChI is InChI=1S/C21H21N3O2S/c1-15-8-10-18(11-9-15)27(25,26)23-22-21-16(2)14-20-19(21)12-13-24(20)17-6-4-3-5-7-17/h3-13,22-23H,14H2,1-2H3. The Morgan fingerprint density at radius 1 is 0.926 bits per heavy atom. The Morgan fingerprint density at radius 2 is 1.63 bits per heavy atom. The van der Waals surface area contributed by atoms with Gasteiger partial charge in [-0.1, -0.05) is 35.9 Å². The molecule has 3 aromatic rings. The van der Waals surface area contributed by atoms with Crippen LogP contribution in [0.3, 0.4) is 0 Å². The third kappa shape index (κ3) is 3.29. The number of benzene rings is 2. The van der Waals surface area contributed by atoms with E-state index in [1.807, 2.05) is 44.3 Å². The Labute approximate surface area is 159 Å². The van der Waals surface area contributed by atoms with E-state index in [-0.39, 0.29) is 4.90 Å². The highest BCUT2D eigenvalue weighted by atomic mass is 32.2. The average molecular weight is 379 g/mol. The summed E-state index contributed by atoms with van der Waals surface area (Å²) in [4.78, 5) is 2.75. The van der Waals surface area contributed by atoms with Gasteiger partial charge in [-0.3, -0.25) is 0 Å². The number of hydrogen-bond donors (Lipinski definition) is 2. The minimum atomic E-state index is -3.64. The molecule has 27 heavy (non-hydrogen) atoms. The van der Waals surface area contributed by atoms with Gasteiger partial charge in [0.05, 0.1) is 10.6 Å². The lowest BCUT2D eigenvalue weighted by Crippen LogP contribution is -2.36. The number of allylic oxidation sites excluding steroid dienone is 1. The van der Waals surface area contributed by atoms with Crippen LogP contribution in [0, 0.1) is 6.92 Å². The SMILES string of the molecule is CC1=C(NNS(=O)(=O)c2ccc(C)cc2)c2ccn(-c3ccccc3)c2C1. The summed E-state index contributed by atoms with van der Waals surface area (Å²) in [6.07, 6.45) is 2.79. The quantitative estimate of drug-likeness (QED) is 0.667. The van der Waals surface area contributed by atoms with Gasteiger partial charge in [0, 0.05) is 29.6 Å². The molecule has 1 aromatic heterocycles. The van der Waals surface area contributed by atoms with E-state index in [0.717, 1.165) is 40.2 Å². The lowest BCUT2D eigenvalue weighted by Gasteiger charge is -2.12. The van der Waals surface area contributed by atoms with Crippen molar-refractivity contribution in [3.8, 4) is 5.69 Å². The van der Waals surface area contributed by atoms with Gasteiger partial charge < -0.3 is 9.99 Å². The fourth-order valence-corrected chi connectivity index (χ4v) is 4.19. The van der Waals surface area contributed by atoms with Crippen molar-refractivity contribution >= 4 is 15.7 Å². The van der Waals surface area contributed by atoms with E-state index in [9.17, 15) is 8.42 Å². The highest BCUT2D eigenvalue weighted by Crippen LogP contribution is 2.33. The lowest BCUT2D eigenvalue weighted by molar-refractivity contribution is 0.576. The average Bonchev–Trinajstić information content (AvgIpc) is 3.19. The maximum atomic E-state index is 12.5. The second kappa shape index (κ2) is 6.72. The highest BCUT2D eigenvalue weighted by molar-refractivity contribution is 7.89. The van der Waals surface area contributed by atoms with Crippen LogP contribution >= 0.6 is 0 Å². The first kappa shape index (κ1) is 17.6. The van der Waals surface area contributed by atoms with E-state index in [0.29, 0.717) is 0 Å². The van der Waals surface area contributed by atoms with Gasteiger partial charge in [0.2, 0.25) is 0 Å². The molecule has 2 N–H and O–H groups in total. The van der Waals surface area contributed by atoms with Gasteiger partial charge in [-0.2, -0.15) is 0 Å². The summed E-state index contributed by atoms with van der Waals surface area (Å²) in [6.45, 7) is 3.94. The third-order valence-electron chi connectivity index (χ3n) is 4.80. The zero-order valence-corrected chi connectivity index (χ0v) is 16.0. The smallest absolute Gasteiger partial charge is 0.257 e. The minimum Gasteiger partial charge on any atom is -0.320 e. The maximum absolute atomic E-state index is 12.5. The molecule has 1 aliphatic rings. The first-order chi connectivity index (χ1) is 13.0. The van der Waals surface area contributed by atoms with E-state index in [1.165, 1.54) is 0 Å². The molecule has 0 unspecified atom stereocenters. The molecule has 0 bridgehead atoms. The van der Waals surface area contributed by atoms with Crippen LogP contribution in [0.25, 0.3) is 11.4 Å². The van der Waals surface area contributed by atoms with Crippen LogP contribution in [-0.4, -0.2) is 13.0 Å². The van der Waals surface area contributed by atoms with Gasteiger partial charge in [-0.25, -0.2) is 8.42 Å². The van der Waals surface area contributed by atoms with Gasteiger partial charge in [0.15, 0.2) is 0 Å². The van der Waals surface area contributed by atoms with Gasteiger partial charge in [-0.05, 0) is 49.8 Å². The van der Waals surface area contributed by atoms with Crippen LogP contribution in [0.1, 0.15) is 23.7 Å². The molecular formula is C21H21N3O2S. The fourth-order valence-electron chi connectivity index (χ4n) is 3.34. The van der Waals surface area contributed by atoms with Crippen molar-refractivity contribution in [2.24, 2.45) is 0 Å². The Kier molecular flexibility index (Phi) is 4.37. The summed E-state index contributed by atoms with van der Waals surface area (Å²) in [7, 11) is -3.64. The zero-order chi connectivity index (χ0) is 19.0. The number of aryl methyl sites for hydroxylation is 1. The Balaban J connectivity index is 1.57. The molecule has 138 valence electrons. The van der Waals surface area contributed by atoms with Crippen LogP contribution in [0.15, 0.2) is 77.3 Å². The first-order valence-electron chi connectivity index (χ1n) is 8.76. The number of hydrazine groups is 1.